The van der Waals surface area contributed by atoms with E-state index in [4.69, 9.17) is 18.9 Å². The zero-order chi connectivity index (χ0) is 52.7. The minimum Gasteiger partial charge on any atom is -0.477 e. The van der Waals surface area contributed by atoms with Gasteiger partial charge in [-0.1, -0.05) is 221 Å². The van der Waals surface area contributed by atoms with Crippen LogP contribution in [0.1, 0.15) is 239 Å². The summed E-state index contributed by atoms with van der Waals surface area (Å²) in [5, 5.41) is 9.68. The van der Waals surface area contributed by atoms with E-state index in [0.717, 1.165) is 96.3 Å². The van der Waals surface area contributed by atoms with E-state index in [-0.39, 0.29) is 32.2 Å². The number of quaternary nitrogens is 1. The smallest absolute Gasteiger partial charge is 0.361 e. The van der Waals surface area contributed by atoms with Crippen molar-refractivity contribution < 1.29 is 42.9 Å². The molecule has 0 radical (unpaired) electrons. The second kappa shape index (κ2) is 53.8. The molecule has 0 aromatic carbocycles. The Morgan fingerprint density at radius 2 is 0.792 bits per heavy atom. The highest BCUT2D eigenvalue weighted by Gasteiger charge is 2.25. The molecule has 414 valence electrons. The van der Waals surface area contributed by atoms with Gasteiger partial charge in [0, 0.05) is 12.8 Å². The number of allylic oxidation sites excluding steroid dienone is 14. The van der Waals surface area contributed by atoms with Crippen LogP contribution in [0.5, 0.6) is 0 Å². The van der Waals surface area contributed by atoms with Gasteiger partial charge in [-0.05, 0) is 89.9 Å². The number of hydrogen-bond acceptors (Lipinski definition) is 7. The standard InChI is InChI=1S/C63H109NO8/c1-6-8-10-12-14-16-18-20-21-22-23-24-25-26-27-28-29-30-31-32-33-34-35-36-37-38-39-40-41-42-44-46-48-50-52-54-61(66)72-59(58-71-63(62(67)68)69-56-55-64(3,4)5)57-70-60(65)53-51-49-47-45-43-19-17-15-13-11-9-7-2/h8,10,14-17,20-21,23-24,26-27,29-30,59,63H,6-7,9,11-13,18-19,22,25,28,31-58H2,1-5H3/p+1/b10-8-,16-14-,17-15-,21-20-,24-23-,27-26-,30-29-. The summed E-state index contributed by atoms with van der Waals surface area (Å²) in [6, 6.07) is 0. The number of carbonyl (C=O) groups is 3. The Kier molecular flexibility index (Phi) is 51.1. The van der Waals surface area contributed by atoms with Crippen LogP contribution in [0.4, 0.5) is 0 Å². The molecule has 0 rings (SSSR count). The van der Waals surface area contributed by atoms with Gasteiger partial charge in [0.05, 0.1) is 34.4 Å². The first-order chi connectivity index (χ1) is 35.1. The van der Waals surface area contributed by atoms with Crippen LogP contribution in [0.3, 0.4) is 0 Å². The van der Waals surface area contributed by atoms with Crippen molar-refractivity contribution in [2.45, 2.75) is 251 Å². The molecule has 0 fully saturated rings. The minimum atomic E-state index is -1.51. The molecule has 0 aliphatic heterocycles. The van der Waals surface area contributed by atoms with Gasteiger partial charge >= 0.3 is 17.9 Å². The van der Waals surface area contributed by atoms with Gasteiger partial charge in [-0.25, -0.2) is 4.79 Å². The molecular formula is C63H110NO8+. The number of rotatable bonds is 53. The average molecular weight is 1010 g/mol. The fourth-order valence-electron chi connectivity index (χ4n) is 7.89. The van der Waals surface area contributed by atoms with E-state index in [2.05, 4.69) is 98.9 Å². The molecule has 0 heterocycles. The van der Waals surface area contributed by atoms with Crippen molar-refractivity contribution in [2.24, 2.45) is 0 Å². The molecule has 0 aromatic rings. The number of carboxylic acid groups (broad SMARTS) is 1. The Balaban J connectivity index is 4.08. The number of carbonyl (C=O) groups excluding carboxylic acids is 2. The molecule has 9 nitrogen and oxygen atoms in total. The summed E-state index contributed by atoms with van der Waals surface area (Å²) in [7, 11) is 5.96. The van der Waals surface area contributed by atoms with E-state index in [1.165, 1.54) is 116 Å². The maximum atomic E-state index is 12.9. The van der Waals surface area contributed by atoms with Crippen molar-refractivity contribution >= 4 is 17.9 Å². The molecular weight excluding hydrogens is 899 g/mol. The quantitative estimate of drug-likeness (QED) is 0.0211. The lowest BCUT2D eigenvalue weighted by molar-refractivity contribution is -0.870. The maximum absolute atomic E-state index is 12.9. The third-order valence-electron chi connectivity index (χ3n) is 12.4. The number of hydrogen-bond donors (Lipinski definition) is 1. The molecule has 0 amide bonds. The fourth-order valence-corrected chi connectivity index (χ4v) is 7.89. The highest BCUT2D eigenvalue weighted by atomic mass is 16.7. The normalized spacial score (nSPS) is 13.4. The van der Waals surface area contributed by atoms with E-state index in [1.54, 1.807) is 0 Å². The number of nitrogens with zero attached hydrogens (tertiary/aromatic N) is 1. The summed E-state index contributed by atoms with van der Waals surface area (Å²) in [6.07, 6.45) is 68.2. The molecule has 2 unspecified atom stereocenters. The van der Waals surface area contributed by atoms with Crippen LogP contribution >= 0.6 is 0 Å². The zero-order valence-corrected chi connectivity index (χ0v) is 47.1. The lowest BCUT2D eigenvalue weighted by atomic mass is 10.0. The summed E-state index contributed by atoms with van der Waals surface area (Å²) >= 11 is 0. The van der Waals surface area contributed by atoms with Crippen LogP contribution in [0.2, 0.25) is 0 Å². The Hall–Kier alpha value is -3.53. The lowest BCUT2D eigenvalue weighted by Gasteiger charge is -2.25. The SMILES string of the molecule is CC/C=C\C/C=C\C/C=C\C/C=C\C/C=C\C/C=C\CCCCCCCCCCCCCCCCCCC(=O)OC(COC(=O)CCCCCCC/C=C\CCCCC)COC(OCC[N+](C)(C)C)C(=O)O. The topological polar surface area (TPSA) is 108 Å². The molecule has 1 N–H and O–H groups in total. The van der Waals surface area contributed by atoms with Gasteiger partial charge in [-0.3, -0.25) is 9.59 Å². The first-order valence-corrected chi connectivity index (χ1v) is 29.3. The number of carboxylic acids is 1. The summed E-state index contributed by atoms with van der Waals surface area (Å²) < 4.78 is 22.8. The first-order valence-electron chi connectivity index (χ1n) is 29.3. The number of aliphatic carboxylic acids is 1. The Morgan fingerprint density at radius 1 is 0.431 bits per heavy atom. The monoisotopic (exact) mass is 1010 g/mol. The first kappa shape index (κ1) is 68.5. The van der Waals surface area contributed by atoms with Crippen molar-refractivity contribution in [2.75, 3.05) is 47.5 Å². The third-order valence-corrected chi connectivity index (χ3v) is 12.4. The van der Waals surface area contributed by atoms with Gasteiger partial charge in [-0.15, -0.1) is 0 Å². The molecule has 0 saturated carbocycles. The Bertz CT molecular complexity index is 1450. The van der Waals surface area contributed by atoms with Crippen molar-refractivity contribution in [3.05, 3.63) is 85.1 Å². The number of esters is 2. The predicted octanol–water partition coefficient (Wildman–Crippen LogP) is 17.2. The van der Waals surface area contributed by atoms with Gasteiger partial charge in [0.15, 0.2) is 6.10 Å². The van der Waals surface area contributed by atoms with Crippen LogP contribution in [0.25, 0.3) is 0 Å². The molecule has 0 aliphatic carbocycles. The van der Waals surface area contributed by atoms with E-state index >= 15 is 0 Å². The molecule has 0 saturated heterocycles. The summed E-state index contributed by atoms with van der Waals surface area (Å²) in [6.45, 7) is 4.73. The van der Waals surface area contributed by atoms with E-state index < -0.39 is 24.3 Å². The lowest BCUT2D eigenvalue weighted by Crippen LogP contribution is -2.40. The highest BCUT2D eigenvalue weighted by molar-refractivity contribution is 5.71. The molecule has 0 bridgehead atoms. The predicted molar refractivity (Wildman–Crippen MR) is 304 cm³/mol. The molecule has 0 aliphatic rings. The fraction of sp³-hybridized carbons (Fsp3) is 0.730. The van der Waals surface area contributed by atoms with Crippen LogP contribution < -0.4 is 0 Å². The van der Waals surface area contributed by atoms with E-state index in [9.17, 15) is 19.5 Å². The van der Waals surface area contributed by atoms with Gasteiger partial charge < -0.3 is 28.5 Å². The van der Waals surface area contributed by atoms with Crippen LogP contribution in [0.15, 0.2) is 85.1 Å². The summed E-state index contributed by atoms with van der Waals surface area (Å²) in [5.74, 6) is -2.02. The molecule has 0 spiro atoms. The second-order valence-corrected chi connectivity index (χ2v) is 20.6. The van der Waals surface area contributed by atoms with Crippen molar-refractivity contribution in [1.82, 2.24) is 0 Å². The minimum absolute atomic E-state index is 0.185. The van der Waals surface area contributed by atoms with Crippen LogP contribution in [-0.2, 0) is 33.3 Å². The largest absolute Gasteiger partial charge is 0.477 e. The maximum Gasteiger partial charge on any atom is 0.361 e. The van der Waals surface area contributed by atoms with Crippen molar-refractivity contribution in [3.63, 3.8) is 0 Å². The number of ether oxygens (including phenoxy) is 4. The van der Waals surface area contributed by atoms with Crippen molar-refractivity contribution in [3.8, 4) is 0 Å². The zero-order valence-electron chi connectivity index (χ0n) is 47.1. The van der Waals surface area contributed by atoms with Crippen molar-refractivity contribution in [1.29, 1.82) is 0 Å². The molecule has 0 aromatic heterocycles. The van der Waals surface area contributed by atoms with Gasteiger partial charge in [0.1, 0.15) is 13.2 Å². The van der Waals surface area contributed by atoms with E-state index in [1.807, 2.05) is 21.1 Å². The van der Waals surface area contributed by atoms with Crippen LogP contribution in [-0.4, -0.2) is 87.4 Å². The van der Waals surface area contributed by atoms with Gasteiger partial charge in [0.25, 0.3) is 6.29 Å². The Labute approximate surface area is 442 Å². The van der Waals surface area contributed by atoms with Gasteiger partial charge in [-0.2, -0.15) is 0 Å². The summed E-state index contributed by atoms with van der Waals surface area (Å²) in [5.41, 5.74) is 0. The third kappa shape index (κ3) is 54.2. The van der Waals surface area contributed by atoms with Crippen LogP contribution in [0, 0.1) is 0 Å². The average Bonchev–Trinajstić information content (AvgIpc) is 3.35. The molecule has 9 heteroatoms. The number of likely N-dealkylation sites (N-methyl/N-ethyl adjacent to an activating group) is 1. The second-order valence-electron chi connectivity index (χ2n) is 20.6. The number of unbranched alkanes of at least 4 members (excludes halogenated alkanes) is 24. The van der Waals surface area contributed by atoms with E-state index in [0.29, 0.717) is 17.4 Å². The highest BCUT2D eigenvalue weighted by Crippen LogP contribution is 2.16. The molecule has 72 heavy (non-hydrogen) atoms. The Morgan fingerprint density at radius 3 is 1.19 bits per heavy atom. The molecule has 2 atom stereocenters. The summed E-state index contributed by atoms with van der Waals surface area (Å²) in [4.78, 5) is 37.3. The van der Waals surface area contributed by atoms with Gasteiger partial charge in [0.2, 0.25) is 0 Å².